The van der Waals surface area contributed by atoms with E-state index < -0.39 is 0 Å². The molecule has 2 heterocycles. The molecule has 1 N–H and O–H groups in total. The molecule has 162 valence electrons. The van der Waals surface area contributed by atoms with Crippen molar-refractivity contribution in [2.75, 3.05) is 28.4 Å². The number of aromatic amines is 1. The SMILES string of the molecule is COc1cc(OC)c2cc(-c3oc4cc(OC)cc(OC)c4c3-c3ccccc3)[nH]c2c1. The molecule has 0 bridgehead atoms. The molecule has 0 radical (unpaired) electrons. The number of benzene rings is 3. The van der Waals surface area contributed by atoms with Crippen LogP contribution in [0.5, 0.6) is 23.0 Å². The molecule has 0 spiro atoms. The van der Waals surface area contributed by atoms with Crippen LogP contribution in [0.2, 0.25) is 0 Å². The number of methoxy groups -OCH3 is 4. The van der Waals surface area contributed by atoms with E-state index in [0.29, 0.717) is 28.6 Å². The van der Waals surface area contributed by atoms with E-state index in [1.165, 1.54) is 0 Å². The van der Waals surface area contributed by atoms with Crippen LogP contribution in [0, 0.1) is 0 Å². The second-order valence-electron chi connectivity index (χ2n) is 7.35. The van der Waals surface area contributed by atoms with E-state index in [2.05, 4.69) is 17.1 Å². The zero-order valence-corrected chi connectivity index (χ0v) is 18.3. The standard InChI is InChI=1S/C26H23NO5/c1-28-16-10-19-18(21(11-16)30-3)14-20(27-19)26-24(15-8-6-5-7-9-15)25-22(31-4)12-17(29-2)13-23(25)32-26/h5-14,27H,1-4H3. The van der Waals surface area contributed by atoms with Crippen molar-refractivity contribution in [3.63, 3.8) is 0 Å². The van der Waals surface area contributed by atoms with Crippen LogP contribution >= 0.6 is 0 Å². The molecule has 0 fully saturated rings. The van der Waals surface area contributed by atoms with Gasteiger partial charge in [0.25, 0.3) is 0 Å². The third-order valence-electron chi connectivity index (χ3n) is 5.62. The summed E-state index contributed by atoms with van der Waals surface area (Å²) >= 11 is 0. The zero-order valence-electron chi connectivity index (χ0n) is 18.3. The van der Waals surface area contributed by atoms with Gasteiger partial charge in [-0.3, -0.25) is 0 Å². The Balaban J connectivity index is 1.84. The summed E-state index contributed by atoms with van der Waals surface area (Å²) in [5.74, 6) is 3.48. The molecule has 0 saturated heterocycles. The highest BCUT2D eigenvalue weighted by atomic mass is 16.5. The maximum absolute atomic E-state index is 6.42. The van der Waals surface area contributed by atoms with E-state index in [1.54, 1.807) is 28.4 Å². The van der Waals surface area contributed by atoms with Crippen molar-refractivity contribution in [2.45, 2.75) is 0 Å². The number of aromatic nitrogens is 1. The molecule has 5 rings (SSSR count). The van der Waals surface area contributed by atoms with Crippen LogP contribution in [0.25, 0.3) is 44.5 Å². The summed E-state index contributed by atoms with van der Waals surface area (Å²) in [6, 6.07) is 19.7. The quantitative estimate of drug-likeness (QED) is 0.344. The summed E-state index contributed by atoms with van der Waals surface area (Å²) in [7, 11) is 6.56. The molecular weight excluding hydrogens is 406 g/mol. The minimum Gasteiger partial charge on any atom is -0.497 e. The number of ether oxygens (including phenoxy) is 4. The molecule has 0 amide bonds. The Bertz CT molecular complexity index is 1420. The Morgan fingerprint density at radius 3 is 2.09 bits per heavy atom. The maximum Gasteiger partial charge on any atom is 0.159 e. The lowest BCUT2D eigenvalue weighted by atomic mass is 10.00. The molecule has 0 atom stereocenters. The molecule has 0 unspecified atom stereocenters. The number of hydrogen-bond acceptors (Lipinski definition) is 5. The van der Waals surface area contributed by atoms with Gasteiger partial charge in [-0.15, -0.1) is 0 Å². The third-order valence-corrected chi connectivity index (χ3v) is 5.62. The van der Waals surface area contributed by atoms with E-state index in [1.807, 2.05) is 48.5 Å². The molecular formula is C26H23NO5. The molecule has 3 aromatic carbocycles. The van der Waals surface area contributed by atoms with E-state index >= 15 is 0 Å². The average Bonchev–Trinajstić information content (AvgIpc) is 3.44. The molecule has 0 saturated carbocycles. The van der Waals surface area contributed by atoms with Crippen molar-refractivity contribution in [2.24, 2.45) is 0 Å². The summed E-state index contributed by atoms with van der Waals surface area (Å²) in [6.07, 6.45) is 0. The van der Waals surface area contributed by atoms with Gasteiger partial charge in [-0.05, 0) is 11.6 Å². The van der Waals surface area contributed by atoms with E-state index in [0.717, 1.165) is 38.9 Å². The minimum atomic E-state index is 0.664. The number of nitrogens with one attached hydrogen (secondary N) is 1. The van der Waals surface area contributed by atoms with Gasteiger partial charge >= 0.3 is 0 Å². The first-order valence-corrected chi connectivity index (χ1v) is 10.2. The number of H-pyrrole nitrogens is 1. The molecule has 0 aliphatic rings. The van der Waals surface area contributed by atoms with Gasteiger partial charge < -0.3 is 28.3 Å². The monoisotopic (exact) mass is 429 g/mol. The fraction of sp³-hybridized carbons (Fsp3) is 0.154. The van der Waals surface area contributed by atoms with E-state index in [9.17, 15) is 0 Å². The van der Waals surface area contributed by atoms with Crippen LogP contribution in [-0.4, -0.2) is 33.4 Å². The first-order valence-electron chi connectivity index (χ1n) is 10.2. The normalized spacial score (nSPS) is 11.1. The molecule has 6 nitrogen and oxygen atoms in total. The van der Waals surface area contributed by atoms with E-state index in [-0.39, 0.29) is 0 Å². The molecule has 5 aromatic rings. The number of hydrogen-bond donors (Lipinski definition) is 1. The van der Waals surface area contributed by atoms with Gasteiger partial charge in [-0.25, -0.2) is 0 Å². The van der Waals surface area contributed by atoms with Crippen LogP contribution in [-0.2, 0) is 0 Å². The van der Waals surface area contributed by atoms with Gasteiger partial charge in [0.15, 0.2) is 5.76 Å². The molecule has 0 aliphatic heterocycles. The van der Waals surface area contributed by atoms with Gasteiger partial charge in [0.2, 0.25) is 0 Å². The summed E-state index contributed by atoms with van der Waals surface area (Å²) in [5, 5.41) is 1.82. The van der Waals surface area contributed by atoms with Crippen molar-refractivity contribution in [3.8, 4) is 45.6 Å². The average molecular weight is 429 g/mol. The maximum atomic E-state index is 6.42. The van der Waals surface area contributed by atoms with Crippen LogP contribution < -0.4 is 18.9 Å². The van der Waals surface area contributed by atoms with Crippen LogP contribution in [0.4, 0.5) is 0 Å². The topological polar surface area (TPSA) is 65.8 Å². The van der Waals surface area contributed by atoms with Gasteiger partial charge in [0.1, 0.15) is 28.6 Å². The number of furan rings is 1. The zero-order chi connectivity index (χ0) is 22.2. The first-order chi connectivity index (χ1) is 15.7. The summed E-state index contributed by atoms with van der Waals surface area (Å²) in [6.45, 7) is 0. The number of rotatable bonds is 6. The van der Waals surface area contributed by atoms with Gasteiger partial charge in [-0.1, -0.05) is 30.3 Å². The number of fused-ring (bicyclic) bond motifs is 2. The highest BCUT2D eigenvalue weighted by molar-refractivity contribution is 6.06. The lowest BCUT2D eigenvalue weighted by molar-refractivity contribution is 0.397. The van der Waals surface area contributed by atoms with Gasteiger partial charge in [0, 0.05) is 35.2 Å². The Kier molecular flexibility index (Phi) is 4.90. The summed E-state index contributed by atoms with van der Waals surface area (Å²) < 4.78 is 28.6. The lowest BCUT2D eigenvalue weighted by Crippen LogP contribution is -1.88. The highest BCUT2D eigenvalue weighted by Gasteiger charge is 2.23. The largest absolute Gasteiger partial charge is 0.497 e. The molecule has 6 heteroatoms. The predicted molar refractivity (Wildman–Crippen MR) is 125 cm³/mol. The van der Waals surface area contributed by atoms with Crippen LogP contribution in [0.1, 0.15) is 0 Å². The molecule has 2 aromatic heterocycles. The van der Waals surface area contributed by atoms with Crippen molar-refractivity contribution in [3.05, 3.63) is 60.7 Å². The highest BCUT2D eigenvalue weighted by Crippen LogP contribution is 2.47. The van der Waals surface area contributed by atoms with Crippen LogP contribution in [0.15, 0.2) is 65.1 Å². The summed E-state index contributed by atoms with van der Waals surface area (Å²) in [4.78, 5) is 3.47. The molecule has 0 aliphatic carbocycles. The van der Waals surface area contributed by atoms with Crippen LogP contribution in [0.3, 0.4) is 0 Å². The van der Waals surface area contributed by atoms with Crippen molar-refractivity contribution >= 4 is 21.9 Å². The second kappa shape index (κ2) is 7.89. The Labute approximate surface area is 185 Å². The van der Waals surface area contributed by atoms with E-state index in [4.69, 9.17) is 23.4 Å². The van der Waals surface area contributed by atoms with Gasteiger partial charge in [0.05, 0.1) is 45.0 Å². The third kappa shape index (κ3) is 3.12. The Hall–Kier alpha value is -4.06. The fourth-order valence-electron chi connectivity index (χ4n) is 4.10. The fourth-order valence-corrected chi connectivity index (χ4v) is 4.10. The minimum absolute atomic E-state index is 0.664. The predicted octanol–water partition coefficient (Wildman–Crippen LogP) is 6.28. The van der Waals surface area contributed by atoms with Gasteiger partial charge in [-0.2, -0.15) is 0 Å². The second-order valence-corrected chi connectivity index (χ2v) is 7.35. The Morgan fingerprint density at radius 2 is 1.41 bits per heavy atom. The smallest absolute Gasteiger partial charge is 0.159 e. The molecule has 32 heavy (non-hydrogen) atoms. The lowest BCUT2D eigenvalue weighted by Gasteiger charge is -2.07. The van der Waals surface area contributed by atoms with Crippen molar-refractivity contribution in [1.29, 1.82) is 0 Å². The van der Waals surface area contributed by atoms with Crippen molar-refractivity contribution in [1.82, 2.24) is 4.98 Å². The Morgan fingerprint density at radius 1 is 0.719 bits per heavy atom. The summed E-state index contributed by atoms with van der Waals surface area (Å²) in [5.41, 5.74) is 4.35. The first kappa shape index (κ1) is 19.9. The van der Waals surface area contributed by atoms with Crippen molar-refractivity contribution < 1.29 is 23.4 Å².